The van der Waals surface area contributed by atoms with Gasteiger partial charge in [0.1, 0.15) is 11.4 Å². The molecular weight excluding hydrogens is 307 g/mol. The zero-order valence-corrected chi connectivity index (χ0v) is 15.4. The number of benzene rings is 1. The van der Waals surface area contributed by atoms with Gasteiger partial charge in [-0.3, -0.25) is 0 Å². The van der Waals surface area contributed by atoms with Crippen molar-refractivity contribution in [1.29, 1.82) is 0 Å². The predicted octanol–water partition coefficient (Wildman–Crippen LogP) is 4.58. The van der Waals surface area contributed by atoms with Crippen molar-refractivity contribution in [2.24, 2.45) is 5.92 Å². The van der Waals surface area contributed by atoms with Crippen molar-refractivity contribution in [2.45, 2.75) is 59.1 Å². The average molecular weight is 336 g/mol. The molecule has 1 saturated heterocycles. The average Bonchev–Trinajstić information content (AvgIpc) is 2.49. The molecule has 0 spiro atoms. The summed E-state index contributed by atoms with van der Waals surface area (Å²) in [5, 5.41) is 3.30. The van der Waals surface area contributed by atoms with E-state index in [1.54, 1.807) is 11.0 Å². The van der Waals surface area contributed by atoms with Gasteiger partial charge in [0.05, 0.1) is 5.69 Å². The summed E-state index contributed by atoms with van der Waals surface area (Å²) in [7, 11) is 0. The standard InChI is InChI=1S/C19H29FN2O2/c1-13-8-6-10-16(20)17(13)21-14(2)15-9-7-11-22(12-15)18(23)24-19(3,4)5/h6,8,10,14-15,21H,7,9,11-12H2,1-5H3. The fourth-order valence-electron chi connectivity index (χ4n) is 3.07. The molecule has 0 saturated carbocycles. The fourth-order valence-corrected chi connectivity index (χ4v) is 3.07. The highest BCUT2D eigenvalue weighted by Gasteiger charge is 2.30. The first kappa shape index (κ1) is 18.6. The van der Waals surface area contributed by atoms with E-state index >= 15 is 0 Å². The predicted molar refractivity (Wildman–Crippen MR) is 94.8 cm³/mol. The summed E-state index contributed by atoms with van der Waals surface area (Å²) in [5.74, 6) is 0.0342. The van der Waals surface area contributed by atoms with Gasteiger partial charge in [-0.25, -0.2) is 9.18 Å². The number of aryl methyl sites for hydroxylation is 1. The molecule has 1 fully saturated rings. The minimum absolute atomic E-state index is 0.0748. The summed E-state index contributed by atoms with van der Waals surface area (Å²) in [5.41, 5.74) is 0.957. The zero-order chi connectivity index (χ0) is 17.9. The SMILES string of the molecule is Cc1cccc(F)c1NC(C)C1CCCN(C(=O)OC(C)(C)C)C1. The number of amides is 1. The summed E-state index contributed by atoms with van der Waals surface area (Å²) < 4.78 is 19.5. The van der Waals surface area contributed by atoms with Gasteiger partial charge in [-0.15, -0.1) is 0 Å². The van der Waals surface area contributed by atoms with Crippen LogP contribution in [-0.2, 0) is 4.74 Å². The van der Waals surface area contributed by atoms with Crippen molar-refractivity contribution in [2.75, 3.05) is 18.4 Å². The summed E-state index contributed by atoms with van der Waals surface area (Å²) in [4.78, 5) is 14.0. The Balaban J connectivity index is 2.00. The van der Waals surface area contributed by atoms with Crippen LogP contribution in [-0.4, -0.2) is 35.7 Å². The summed E-state index contributed by atoms with van der Waals surface area (Å²) in [6.07, 6.45) is 1.69. The Labute approximate surface area is 144 Å². The van der Waals surface area contributed by atoms with Crippen LogP contribution in [0.15, 0.2) is 18.2 Å². The third-order valence-corrected chi connectivity index (χ3v) is 4.41. The van der Waals surface area contributed by atoms with Crippen LogP contribution in [0.4, 0.5) is 14.9 Å². The van der Waals surface area contributed by atoms with Crippen LogP contribution in [0.1, 0.15) is 46.1 Å². The van der Waals surface area contributed by atoms with Crippen molar-refractivity contribution in [1.82, 2.24) is 4.90 Å². The minimum atomic E-state index is -0.488. The highest BCUT2D eigenvalue weighted by Crippen LogP contribution is 2.26. The van der Waals surface area contributed by atoms with Crippen LogP contribution in [0.2, 0.25) is 0 Å². The molecule has 2 unspecified atom stereocenters. The number of anilines is 1. The van der Waals surface area contributed by atoms with Crippen molar-refractivity contribution >= 4 is 11.8 Å². The monoisotopic (exact) mass is 336 g/mol. The first-order chi connectivity index (χ1) is 11.2. The third-order valence-electron chi connectivity index (χ3n) is 4.41. The Kier molecular flexibility index (Phi) is 5.73. The number of carbonyl (C=O) groups is 1. The van der Waals surface area contributed by atoms with E-state index in [1.165, 1.54) is 6.07 Å². The number of halogens is 1. The third kappa shape index (κ3) is 4.86. The first-order valence-electron chi connectivity index (χ1n) is 8.67. The van der Waals surface area contributed by atoms with Crippen molar-refractivity contribution in [3.8, 4) is 0 Å². The van der Waals surface area contributed by atoms with Crippen molar-refractivity contribution in [3.63, 3.8) is 0 Å². The molecule has 2 atom stereocenters. The maximum absolute atomic E-state index is 14.0. The first-order valence-corrected chi connectivity index (χ1v) is 8.67. The molecule has 0 aliphatic carbocycles. The van der Waals surface area contributed by atoms with Gasteiger partial charge in [-0.1, -0.05) is 12.1 Å². The number of nitrogens with one attached hydrogen (secondary N) is 1. The summed E-state index contributed by atoms with van der Waals surface area (Å²) >= 11 is 0. The quantitative estimate of drug-likeness (QED) is 0.878. The van der Waals surface area contributed by atoms with Crippen LogP contribution in [0, 0.1) is 18.7 Å². The Morgan fingerprint density at radius 2 is 2.12 bits per heavy atom. The van der Waals surface area contributed by atoms with Gasteiger partial charge in [0.25, 0.3) is 0 Å². The molecule has 1 aliphatic rings. The maximum Gasteiger partial charge on any atom is 0.410 e. The molecule has 4 nitrogen and oxygen atoms in total. The fraction of sp³-hybridized carbons (Fsp3) is 0.632. The van der Waals surface area contributed by atoms with Gasteiger partial charge in [0, 0.05) is 19.1 Å². The summed E-state index contributed by atoms with van der Waals surface area (Å²) in [6, 6.07) is 5.15. The number of rotatable bonds is 3. The molecule has 0 radical (unpaired) electrons. The molecule has 1 amide bonds. The summed E-state index contributed by atoms with van der Waals surface area (Å²) in [6.45, 7) is 10.9. The molecule has 24 heavy (non-hydrogen) atoms. The lowest BCUT2D eigenvalue weighted by atomic mass is 9.91. The molecule has 2 rings (SSSR count). The van der Waals surface area contributed by atoms with Gasteiger partial charge < -0.3 is 15.0 Å². The lowest BCUT2D eigenvalue weighted by Crippen LogP contribution is -2.46. The molecule has 1 aromatic rings. The Bertz CT molecular complexity index is 563. The smallest absolute Gasteiger partial charge is 0.410 e. The Hall–Kier alpha value is -1.78. The normalized spacial score (nSPS) is 19.8. The lowest BCUT2D eigenvalue weighted by molar-refractivity contribution is 0.0159. The van der Waals surface area contributed by atoms with E-state index in [-0.39, 0.29) is 23.9 Å². The van der Waals surface area contributed by atoms with E-state index in [4.69, 9.17) is 4.74 Å². The second-order valence-corrected chi connectivity index (χ2v) is 7.69. The lowest BCUT2D eigenvalue weighted by Gasteiger charge is -2.37. The van der Waals surface area contributed by atoms with E-state index in [2.05, 4.69) is 12.2 Å². The van der Waals surface area contributed by atoms with Crippen molar-refractivity contribution < 1.29 is 13.9 Å². The maximum atomic E-state index is 14.0. The second kappa shape index (κ2) is 7.41. The number of hydrogen-bond donors (Lipinski definition) is 1. The Morgan fingerprint density at radius 1 is 1.42 bits per heavy atom. The van der Waals surface area contributed by atoms with Gasteiger partial charge in [-0.2, -0.15) is 0 Å². The van der Waals surface area contributed by atoms with Crippen LogP contribution < -0.4 is 5.32 Å². The van der Waals surface area contributed by atoms with E-state index in [1.807, 2.05) is 33.8 Å². The minimum Gasteiger partial charge on any atom is -0.444 e. The zero-order valence-electron chi connectivity index (χ0n) is 15.4. The highest BCUT2D eigenvalue weighted by atomic mass is 19.1. The second-order valence-electron chi connectivity index (χ2n) is 7.69. The number of nitrogens with zero attached hydrogens (tertiary/aromatic N) is 1. The van der Waals surface area contributed by atoms with E-state index in [0.717, 1.165) is 24.9 Å². The van der Waals surface area contributed by atoms with Gasteiger partial charge >= 0.3 is 6.09 Å². The molecule has 1 N–H and O–H groups in total. The Morgan fingerprint density at radius 3 is 2.75 bits per heavy atom. The highest BCUT2D eigenvalue weighted by molar-refractivity contribution is 5.68. The van der Waals surface area contributed by atoms with Crippen LogP contribution in [0.3, 0.4) is 0 Å². The van der Waals surface area contributed by atoms with E-state index in [9.17, 15) is 9.18 Å². The van der Waals surface area contributed by atoms with Gasteiger partial charge in [0.15, 0.2) is 0 Å². The van der Waals surface area contributed by atoms with Crippen molar-refractivity contribution in [3.05, 3.63) is 29.6 Å². The number of hydrogen-bond acceptors (Lipinski definition) is 3. The van der Waals surface area contributed by atoms with Crippen LogP contribution in [0.25, 0.3) is 0 Å². The molecule has 1 heterocycles. The molecule has 134 valence electrons. The van der Waals surface area contributed by atoms with E-state index < -0.39 is 5.60 Å². The molecule has 1 aliphatic heterocycles. The number of carbonyl (C=O) groups excluding carboxylic acids is 1. The number of para-hydroxylation sites is 1. The molecule has 1 aromatic carbocycles. The van der Waals surface area contributed by atoms with Gasteiger partial charge in [-0.05, 0) is 65.0 Å². The topological polar surface area (TPSA) is 41.6 Å². The largest absolute Gasteiger partial charge is 0.444 e. The van der Waals surface area contributed by atoms with Gasteiger partial charge in [0.2, 0.25) is 0 Å². The van der Waals surface area contributed by atoms with Crippen LogP contribution >= 0.6 is 0 Å². The molecular formula is C19H29FN2O2. The number of likely N-dealkylation sites (tertiary alicyclic amines) is 1. The van der Waals surface area contributed by atoms with Crippen LogP contribution in [0.5, 0.6) is 0 Å². The van der Waals surface area contributed by atoms with E-state index in [0.29, 0.717) is 12.2 Å². The number of piperidine rings is 1. The number of ether oxygens (including phenoxy) is 1. The molecule has 0 aromatic heterocycles. The molecule has 5 heteroatoms. The molecule has 0 bridgehead atoms.